The minimum Gasteiger partial charge on any atom is -0.365 e. The Morgan fingerprint density at radius 2 is 2.22 bits per heavy atom. The van der Waals surface area contributed by atoms with Crippen LogP contribution in [-0.4, -0.2) is 15.7 Å². The minimum atomic E-state index is -0.463. The lowest BCUT2D eigenvalue weighted by atomic mass is 10.0. The largest absolute Gasteiger partial charge is 0.365 e. The van der Waals surface area contributed by atoms with Crippen LogP contribution in [0.5, 0.6) is 0 Å². The Morgan fingerprint density at radius 1 is 1.50 bits per heavy atom. The summed E-state index contributed by atoms with van der Waals surface area (Å²) < 4.78 is 1.69. The summed E-state index contributed by atoms with van der Waals surface area (Å²) in [6, 6.07) is 7.23. The predicted molar refractivity (Wildman–Crippen MR) is 71.5 cm³/mol. The lowest BCUT2D eigenvalue weighted by molar-refractivity contribution is 0.1000. The highest BCUT2D eigenvalue weighted by Crippen LogP contribution is 2.27. The van der Waals surface area contributed by atoms with Crippen molar-refractivity contribution in [2.75, 3.05) is 0 Å². The highest BCUT2D eigenvalue weighted by molar-refractivity contribution is 6.30. The molecule has 0 aliphatic rings. The van der Waals surface area contributed by atoms with Crippen LogP contribution in [-0.2, 0) is 13.5 Å². The fourth-order valence-electron chi connectivity index (χ4n) is 2.06. The number of primary amides is 1. The molecule has 0 aliphatic carbocycles. The molecule has 5 heteroatoms. The summed E-state index contributed by atoms with van der Waals surface area (Å²) in [4.78, 5) is 11.6. The van der Waals surface area contributed by atoms with Crippen LogP contribution in [0.25, 0.3) is 11.3 Å². The first-order valence-electron chi connectivity index (χ1n) is 5.66. The second-order valence-corrected chi connectivity index (χ2v) is 4.46. The maximum absolute atomic E-state index is 11.6. The predicted octanol–water partition coefficient (Wildman–Crippen LogP) is 2.40. The monoisotopic (exact) mass is 263 g/mol. The molecular weight excluding hydrogens is 250 g/mol. The van der Waals surface area contributed by atoms with Crippen LogP contribution < -0.4 is 5.73 Å². The van der Waals surface area contributed by atoms with Crippen LogP contribution in [0.15, 0.2) is 24.3 Å². The van der Waals surface area contributed by atoms with Gasteiger partial charge in [0, 0.05) is 17.6 Å². The number of rotatable bonds is 3. The smallest absolute Gasteiger partial charge is 0.252 e. The summed E-state index contributed by atoms with van der Waals surface area (Å²) in [5.41, 5.74) is 8.14. The molecule has 2 aromatic rings. The minimum absolute atomic E-state index is 0.463. The second kappa shape index (κ2) is 4.82. The lowest BCUT2D eigenvalue weighted by Crippen LogP contribution is -2.14. The number of nitrogens with two attached hydrogens (primary N) is 1. The summed E-state index contributed by atoms with van der Waals surface area (Å²) in [5, 5.41) is 4.97. The van der Waals surface area contributed by atoms with Gasteiger partial charge in [0.1, 0.15) is 5.69 Å². The van der Waals surface area contributed by atoms with Gasteiger partial charge in [-0.2, -0.15) is 5.10 Å². The van der Waals surface area contributed by atoms with Gasteiger partial charge in [0.2, 0.25) is 0 Å². The van der Waals surface area contributed by atoms with Crippen LogP contribution in [0.4, 0.5) is 0 Å². The zero-order chi connectivity index (χ0) is 13.3. The van der Waals surface area contributed by atoms with E-state index in [1.165, 1.54) is 0 Å². The standard InChI is InChI=1S/C13H14ClN3O/c1-3-10-11(13(15)18)12(16-17(10)2)8-5-4-6-9(14)7-8/h4-7H,3H2,1-2H3,(H2,15,18). The third-order valence-electron chi connectivity index (χ3n) is 2.85. The average Bonchev–Trinajstić information content (AvgIpc) is 2.66. The third-order valence-corrected chi connectivity index (χ3v) is 3.08. The van der Waals surface area contributed by atoms with E-state index in [-0.39, 0.29) is 0 Å². The SMILES string of the molecule is CCc1c(C(N)=O)c(-c2cccc(Cl)c2)nn1C. The molecule has 0 bridgehead atoms. The molecule has 0 saturated heterocycles. The van der Waals surface area contributed by atoms with E-state index >= 15 is 0 Å². The molecule has 0 radical (unpaired) electrons. The fourth-order valence-corrected chi connectivity index (χ4v) is 2.25. The molecule has 2 N–H and O–H groups in total. The van der Waals surface area contributed by atoms with Gasteiger partial charge in [-0.1, -0.05) is 30.7 Å². The summed E-state index contributed by atoms with van der Waals surface area (Å²) in [6.07, 6.45) is 0.697. The van der Waals surface area contributed by atoms with Gasteiger partial charge in [0.25, 0.3) is 5.91 Å². The first kappa shape index (κ1) is 12.6. The van der Waals surface area contributed by atoms with Crippen molar-refractivity contribution in [1.29, 1.82) is 0 Å². The van der Waals surface area contributed by atoms with Gasteiger partial charge < -0.3 is 5.73 Å². The zero-order valence-electron chi connectivity index (χ0n) is 10.3. The number of halogens is 1. The molecule has 1 aromatic heterocycles. The molecule has 1 amide bonds. The van der Waals surface area contributed by atoms with E-state index in [9.17, 15) is 4.79 Å². The van der Waals surface area contributed by atoms with Crippen LogP contribution in [0.1, 0.15) is 23.0 Å². The Kier molecular flexibility index (Phi) is 3.39. The van der Waals surface area contributed by atoms with E-state index in [4.69, 9.17) is 17.3 Å². The molecule has 4 nitrogen and oxygen atoms in total. The Bertz CT molecular complexity index is 604. The van der Waals surface area contributed by atoms with Crippen LogP contribution in [0.2, 0.25) is 5.02 Å². The van der Waals surface area contributed by atoms with E-state index in [2.05, 4.69) is 5.10 Å². The zero-order valence-corrected chi connectivity index (χ0v) is 11.0. The van der Waals surface area contributed by atoms with Gasteiger partial charge in [-0.3, -0.25) is 9.48 Å². The summed E-state index contributed by atoms with van der Waals surface area (Å²) in [7, 11) is 1.80. The number of benzene rings is 1. The van der Waals surface area contributed by atoms with Crippen molar-refractivity contribution in [3.05, 3.63) is 40.5 Å². The maximum Gasteiger partial charge on any atom is 0.252 e. The highest BCUT2D eigenvalue weighted by Gasteiger charge is 2.20. The number of carbonyl (C=O) groups is 1. The maximum atomic E-state index is 11.6. The molecule has 94 valence electrons. The summed E-state index contributed by atoms with van der Waals surface area (Å²) in [6.45, 7) is 1.96. The number of hydrogen-bond acceptors (Lipinski definition) is 2. The van der Waals surface area contributed by atoms with Crippen molar-refractivity contribution < 1.29 is 4.79 Å². The number of amides is 1. The lowest BCUT2D eigenvalue weighted by Gasteiger charge is -2.01. The van der Waals surface area contributed by atoms with Crippen molar-refractivity contribution >= 4 is 17.5 Å². The number of nitrogens with zero attached hydrogens (tertiary/aromatic N) is 2. The number of aromatic nitrogens is 2. The molecule has 1 heterocycles. The fraction of sp³-hybridized carbons (Fsp3) is 0.231. The van der Waals surface area contributed by atoms with Crippen LogP contribution in [0, 0.1) is 0 Å². The van der Waals surface area contributed by atoms with Crippen LogP contribution in [0.3, 0.4) is 0 Å². The Hall–Kier alpha value is -1.81. The van der Waals surface area contributed by atoms with E-state index < -0.39 is 5.91 Å². The van der Waals surface area contributed by atoms with E-state index in [0.29, 0.717) is 22.7 Å². The molecular formula is C13H14ClN3O. The van der Waals surface area contributed by atoms with E-state index in [1.54, 1.807) is 23.9 Å². The summed E-state index contributed by atoms with van der Waals surface area (Å²) >= 11 is 5.96. The van der Waals surface area contributed by atoms with Crippen molar-refractivity contribution in [1.82, 2.24) is 9.78 Å². The molecule has 18 heavy (non-hydrogen) atoms. The molecule has 0 spiro atoms. The first-order chi connectivity index (χ1) is 8.54. The van der Waals surface area contributed by atoms with Crippen molar-refractivity contribution in [3.8, 4) is 11.3 Å². The topological polar surface area (TPSA) is 60.9 Å². The van der Waals surface area contributed by atoms with Gasteiger partial charge in [-0.25, -0.2) is 0 Å². The molecule has 0 aliphatic heterocycles. The quantitative estimate of drug-likeness (QED) is 0.924. The Balaban J connectivity index is 2.68. The van der Waals surface area contributed by atoms with E-state index in [1.807, 2.05) is 19.1 Å². The number of carbonyl (C=O) groups excluding carboxylic acids is 1. The van der Waals surface area contributed by atoms with Gasteiger partial charge in [-0.05, 0) is 18.6 Å². The second-order valence-electron chi connectivity index (χ2n) is 4.02. The molecule has 0 unspecified atom stereocenters. The van der Waals surface area contributed by atoms with Gasteiger partial charge in [0.05, 0.1) is 11.3 Å². The first-order valence-corrected chi connectivity index (χ1v) is 6.04. The van der Waals surface area contributed by atoms with E-state index in [0.717, 1.165) is 11.3 Å². The molecule has 2 rings (SSSR count). The number of aryl methyl sites for hydroxylation is 1. The Morgan fingerprint density at radius 3 is 2.78 bits per heavy atom. The average molecular weight is 264 g/mol. The van der Waals surface area contributed by atoms with Gasteiger partial charge in [-0.15, -0.1) is 0 Å². The molecule has 0 fully saturated rings. The highest BCUT2D eigenvalue weighted by atomic mass is 35.5. The summed E-state index contributed by atoms with van der Waals surface area (Å²) in [5.74, 6) is -0.463. The van der Waals surface area contributed by atoms with Crippen molar-refractivity contribution in [2.24, 2.45) is 12.8 Å². The number of hydrogen-bond donors (Lipinski definition) is 1. The Labute approximate surface area is 110 Å². The van der Waals surface area contributed by atoms with Crippen molar-refractivity contribution in [2.45, 2.75) is 13.3 Å². The van der Waals surface area contributed by atoms with Crippen molar-refractivity contribution in [3.63, 3.8) is 0 Å². The van der Waals surface area contributed by atoms with Gasteiger partial charge in [0.15, 0.2) is 0 Å². The van der Waals surface area contributed by atoms with Crippen LogP contribution >= 0.6 is 11.6 Å². The molecule has 1 aromatic carbocycles. The van der Waals surface area contributed by atoms with Gasteiger partial charge >= 0.3 is 0 Å². The third kappa shape index (κ3) is 2.11. The normalized spacial score (nSPS) is 10.6. The molecule has 0 saturated carbocycles. The molecule has 0 atom stereocenters.